The highest BCUT2D eigenvalue weighted by atomic mass is 35.5. The Kier molecular flexibility index (Phi) is 6.08. The van der Waals surface area contributed by atoms with E-state index in [1.54, 1.807) is 11.3 Å². The summed E-state index contributed by atoms with van der Waals surface area (Å²) < 4.78 is 0. The zero-order chi connectivity index (χ0) is 13.1. The number of aromatic nitrogens is 1. The highest BCUT2D eigenvalue weighted by Gasteiger charge is 2.23. The molecule has 3 heterocycles. The molecule has 1 aromatic rings. The summed E-state index contributed by atoms with van der Waals surface area (Å²) in [6.45, 7) is 7.50. The largest absolute Gasteiger partial charge is 0.375 e. The molecule has 2 saturated heterocycles. The van der Waals surface area contributed by atoms with E-state index >= 15 is 0 Å². The number of piperidine rings is 1. The van der Waals surface area contributed by atoms with Crippen molar-refractivity contribution < 1.29 is 0 Å². The molecule has 2 fully saturated rings. The van der Waals surface area contributed by atoms with Crippen LogP contribution in [0.1, 0.15) is 30.6 Å². The van der Waals surface area contributed by atoms with Crippen molar-refractivity contribution >= 4 is 28.9 Å². The monoisotopic (exact) mass is 316 g/mol. The Hall–Kier alpha value is -0.360. The average molecular weight is 317 g/mol. The zero-order valence-electron chi connectivity index (χ0n) is 12.0. The van der Waals surface area contributed by atoms with Crippen molar-refractivity contribution in [3.05, 3.63) is 11.1 Å². The van der Waals surface area contributed by atoms with Crippen molar-refractivity contribution in [2.24, 2.45) is 5.92 Å². The number of anilines is 1. The lowest BCUT2D eigenvalue weighted by Crippen LogP contribution is -2.37. The number of halogens is 1. The normalized spacial score (nSPS) is 22.0. The molecule has 3 rings (SSSR count). The van der Waals surface area contributed by atoms with Gasteiger partial charge in [-0.15, -0.1) is 23.7 Å². The van der Waals surface area contributed by atoms with Gasteiger partial charge in [0.1, 0.15) is 0 Å². The van der Waals surface area contributed by atoms with Gasteiger partial charge in [-0.05, 0) is 57.8 Å². The lowest BCUT2D eigenvalue weighted by atomic mass is 9.96. The number of hydrogen-bond donors (Lipinski definition) is 1. The Labute approximate surface area is 131 Å². The van der Waals surface area contributed by atoms with Crippen LogP contribution < -0.4 is 5.73 Å². The molecule has 1 aromatic heterocycles. The quantitative estimate of drug-likeness (QED) is 0.927. The van der Waals surface area contributed by atoms with Gasteiger partial charge in [-0.3, -0.25) is 4.90 Å². The van der Waals surface area contributed by atoms with Crippen LogP contribution in [0, 0.1) is 5.92 Å². The van der Waals surface area contributed by atoms with Crippen molar-refractivity contribution in [2.45, 2.75) is 32.2 Å². The van der Waals surface area contributed by atoms with Crippen LogP contribution in [0.15, 0.2) is 6.20 Å². The van der Waals surface area contributed by atoms with E-state index in [1.807, 2.05) is 6.20 Å². The minimum Gasteiger partial charge on any atom is -0.375 e. The molecule has 0 amide bonds. The van der Waals surface area contributed by atoms with Crippen molar-refractivity contribution in [1.82, 2.24) is 14.8 Å². The van der Waals surface area contributed by atoms with Crippen molar-refractivity contribution in [1.29, 1.82) is 0 Å². The summed E-state index contributed by atoms with van der Waals surface area (Å²) in [6, 6.07) is 0. The Bertz CT molecular complexity index is 398. The fourth-order valence-electron chi connectivity index (χ4n) is 3.27. The van der Waals surface area contributed by atoms with E-state index in [0.29, 0.717) is 5.13 Å². The summed E-state index contributed by atoms with van der Waals surface area (Å²) in [4.78, 5) is 10.6. The minimum absolute atomic E-state index is 0. The van der Waals surface area contributed by atoms with Gasteiger partial charge in [-0.25, -0.2) is 4.98 Å². The summed E-state index contributed by atoms with van der Waals surface area (Å²) in [5.41, 5.74) is 5.68. The smallest absolute Gasteiger partial charge is 0.180 e. The molecule has 2 N–H and O–H groups in total. The van der Waals surface area contributed by atoms with E-state index in [-0.39, 0.29) is 12.4 Å². The number of thiazole rings is 1. The molecule has 20 heavy (non-hydrogen) atoms. The van der Waals surface area contributed by atoms with Gasteiger partial charge >= 0.3 is 0 Å². The predicted octanol–water partition coefficient (Wildman–Crippen LogP) is 2.45. The molecular weight excluding hydrogens is 292 g/mol. The number of nitrogens with zero attached hydrogens (tertiary/aromatic N) is 3. The molecule has 0 saturated carbocycles. The van der Waals surface area contributed by atoms with Crippen LogP contribution in [0.5, 0.6) is 0 Å². The third-order valence-corrected chi connectivity index (χ3v) is 5.18. The fraction of sp³-hybridized carbons (Fsp3) is 0.786. The fourth-order valence-corrected chi connectivity index (χ4v) is 4.00. The predicted molar refractivity (Wildman–Crippen MR) is 87.4 cm³/mol. The second kappa shape index (κ2) is 7.59. The zero-order valence-corrected chi connectivity index (χ0v) is 13.6. The summed E-state index contributed by atoms with van der Waals surface area (Å²) in [5, 5.41) is 0.693. The van der Waals surface area contributed by atoms with E-state index < -0.39 is 0 Å². The lowest BCUT2D eigenvalue weighted by Gasteiger charge is -2.33. The van der Waals surface area contributed by atoms with Gasteiger partial charge < -0.3 is 10.6 Å². The minimum atomic E-state index is 0. The summed E-state index contributed by atoms with van der Waals surface area (Å²) in [5.74, 6) is 0.917. The lowest BCUT2D eigenvalue weighted by molar-refractivity contribution is 0.149. The Balaban J connectivity index is 0.00000147. The van der Waals surface area contributed by atoms with Crippen LogP contribution in [0.4, 0.5) is 5.13 Å². The third-order valence-electron chi connectivity index (χ3n) is 4.37. The number of nitrogen functional groups attached to an aromatic ring is 1. The van der Waals surface area contributed by atoms with Crippen LogP contribution in [-0.2, 0) is 6.54 Å². The molecule has 0 aliphatic carbocycles. The first-order valence-corrected chi connectivity index (χ1v) is 8.26. The number of rotatable bonds is 4. The van der Waals surface area contributed by atoms with Crippen molar-refractivity contribution in [3.63, 3.8) is 0 Å². The Morgan fingerprint density at radius 1 is 1.15 bits per heavy atom. The van der Waals surface area contributed by atoms with E-state index in [4.69, 9.17) is 5.73 Å². The second-order valence-electron chi connectivity index (χ2n) is 5.89. The molecule has 2 aliphatic heterocycles. The van der Waals surface area contributed by atoms with Gasteiger partial charge in [0.2, 0.25) is 0 Å². The molecule has 6 heteroatoms. The molecular formula is C14H25ClN4S. The van der Waals surface area contributed by atoms with Gasteiger partial charge in [0.05, 0.1) is 0 Å². The van der Waals surface area contributed by atoms with Gasteiger partial charge in [0, 0.05) is 24.2 Å². The molecule has 0 radical (unpaired) electrons. The number of nitrogens with two attached hydrogens (primary N) is 1. The SMILES string of the molecule is Cl.Nc1ncc(CN2CCC(CN3CCCC3)CC2)s1. The topological polar surface area (TPSA) is 45.4 Å². The summed E-state index contributed by atoms with van der Waals surface area (Å²) in [6.07, 6.45) is 7.45. The first-order valence-electron chi connectivity index (χ1n) is 7.44. The highest BCUT2D eigenvalue weighted by Crippen LogP contribution is 2.23. The van der Waals surface area contributed by atoms with Crippen LogP contribution >= 0.6 is 23.7 Å². The van der Waals surface area contributed by atoms with Gasteiger partial charge in [-0.1, -0.05) is 0 Å². The van der Waals surface area contributed by atoms with Crippen molar-refractivity contribution in [3.8, 4) is 0 Å². The summed E-state index contributed by atoms with van der Waals surface area (Å²) >= 11 is 1.63. The molecule has 0 aromatic carbocycles. The maximum absolute atomic E-state index is 5.68. The second-order valence-corrected chi connectivity index (χ2v) is 7.04. The van der Waals surface area contributed by atoms with E-state index in [9.17, 15) is 0 Å². The van der Waals surface area contributed by atoms with Crippen molar-refractivity contribution in [2.75, 3.05) is 38.5 Å². The molecule has 114 valence electrons. The van der Waals surface area contributed by atoms with Gasteiger partial charge in [-0.2, -0.15) is 0 Å². The molecule has 0 unspecified atom stereocenters. The van der Waals surface area contributed by atoms with Crippen LogP contribution in [-0.4, -0.2) is 47.5 Å². The average Bonchev–Trinajstić information content (AvgIpc) is 3.04. The molecule has 4 nitrogen and oxygen atoms in total. The van der Waals surface area contributed by atoms with Gasteiger partial charge in [0.15, 0.2) is 5.13 Å². The molecule has 2 aliphatic rings. The van der Waals surface area contributed by atoms with E-state index in [0.717, 1.165) is 12.5 Å². The number of likely N-dealkylation sites (tertiary alicyclic amines) is 2. The Morgan fingerprint density at radius 3 is 2.45 bits per heavy atom. The van der Waals surface area contributed by atoms with E-state index in [1.165, 1.54) is 63.3 Å². The maximum atomic E-state index is 5.68. The molecule has 0 spiro atoms. The van der Waals surface area contributed by atoms with E-state index in [2.05, 4.69) is 14.8 Å². The van der Waals surface area contributed by atoms with Gasteiger partial charge in [0.25, 0.3) is 0 Å². The first-order chi connectivity index (χ1) is 9.29. The first kappa shape index (κ1) is 16.0. The van der Waals surface area contributed by atoms with Crippen LogP contribution in [0.3, 0.4) is 0 Å². The molecule has 0 atom stereocenters. The molecule has 0 bridgehead atoms. The number of hydrogen-bond acceptors (Lipinski definition) is 5. The Morgan fingerprint density at radius 2 is 1.85 bits per heavy atom. The summed E-state index contributed by atoms with van der Waals surface area (Å²) in [7, 11) is 0. The van der Waals surface area contributed by atoms with Crippen LogP contribution in [0.25, 0.3) is 0 Å². The third kappa shape index (κ3) is 4.32. The highest BCUT2D eigenvalue weighted by molar-refractivity contribution is 7.15. The standard InChI is InChI=1S/C14H24N4S.ClH/c15-14-16-9-13(19-14)11-18-7-3-12(4-8-18)10-17-5-1-2-6-17;/h9,12H,1-8,10-11H2,(H2,15,16);1H. The maximum Gasteiger partial charge on any atom is 0.180 e. The van der Waals surface area contributed by atoms with Crippen LogP contribution in [0.2, 0.25) is 0 Å².